The molecule has 1 unspecified atom stereocenters. The Kier molecular flexibility index (Phi) is 5.59. The standard InChI is InChI=1S/C19H16ClN7OS/c1-11(29-19-27-26-16(28-19)12-6-5-7-13(20)10-12)15-23-17(21)25-18(24-15)22-14-8-3-2-4-9-14/h2-11H,1H3,(H3,21,22,23,24,25). The van der Waals surface area contributed by atoms with Gasteiger partial charge in [0, 0.05) is 16.3 Å². The van der Waals surface area contributed by atoms with Crippen LogP contribution in [0.5, 0.6) is 0 Å². The molecule has 0 amide bonds. The Labute approximate surface area is 176 Å². The van der Waals surface area contributed by atoms with E-state index in [1.165, 1.54) is 11.8 Å². The van der Waals surface area contributed by atoms with Gasteiger partial charge in [-0.2, -0.15) is 15.0 Å². The van der Waals surface area contributed by atoms with Crippen molar-refractivity contribution in [3.63, 3.8) is 0 Å². The molecule has 146 valence electrons. The number of rotatable bonds is 6. The van der Waals surface area contributed by atoms with E-state index in [1.807, 2.05) is 49.4 Å². The molecule has 0 aliphatic carbocycles. The molecule has 0 spiro atoms. The summed E-state index contributed by atoms with van der Waals surface area (Å²) in [5.41, 5.74) is 7.47. The van der Waals surface area contributed by atoms with Crippen molar-refractivity contribution < 1.29 is 4.42 Å². The van der Waals surface area contributed by atoms with E-state index in [4.69, 9.17) is 21.8 Å². The van der Waals surface area contributed by atoms with Gasteiger partial charge in [0.25, 0.3) is 5.22 Å². The molecule has 0 fully saturated rings. The average molecular weight is 426 g/mol. The Morgan fingerprint density at radius 3 is 2.66 bits per heavy atom. The Balaban J connectivity index is 1.51. The van der Waals surface area contributed by atoms with Crippen molar-refractivity contribution in [2.45, 2.75) is 17.4 Å². The SMILES string of the molecule is CC(Sc1nnc(-c2cccc(Cl)c2)o1)c1nc(N)nc(Nc2ccccc2)n1. The second-order valence-corrected chi connectivity index (χ2v) is 7.74. The minimum absolute atomic E-state index is 0.131. The number of halogens is 1. The van der Waals surface area contributed by atoms with Crippen LogP contribution in [0.15, 0.2) is 64.2 Å². The molecule has 0 bridgehead atoms. The highest BCUT2D eigenvalue weighted by Gasteiger charge is 2.18. The molecule has 10 heteroatoms. The lowest BCUT2D eigenvalue weighted by Crippen LogP contribution is -2.08. The van der Waals surface area contributed by atoms with E-state index in [2.05, 4.69) is 30.5 Å². The molecular formula is C19H16ClN7OS. The lowest BCUT2D eigenvalue weighted by molar-refractivity contribution is 0.465. The van der Waals surface area contributed by atoms with Crippen molar-refractivity contribution in [1.82, 2.24) is 25.1 Å². The van der Waals surface area contributed by atoms with Gasteiger partial charge >= 0.3 is 0 Å². The quantitative estimate of drug-likeness (QED) is 0.422. The van der Waals surface area contributed by atoms with E-state index in [-0.39, 0.29) is 11.2 Å². The summed E-state index contributed by atoms with van der Waals surface area (Å²) >= 11 is 7.35. The molecule has 4 aromatic rings. The van der Waals surface area contributed by atoms with Crippen LogP contribution >= 0.6 is 23.4 Å². The second-order valence-electron chi connectivity index (χ2n) is 6.01. The summed E-state index contributed by atoms with van der Waals surface area (Å²) in [4.78, 5) is 12.8. The van der Waals surface area contributed by atoms with E-state index in [1.54, 1.807) is 12.1 Å². The van der Waals surface area contributed by atoms with Gasteiger partial charge in [0.1, 0.15) is 5.82 Å². The monoisotopic (exact) mass is 425 g/mol. The third kappa shape index (κ3) is 4.82. The zero-order valence-corrected chi connectivity index (χ0v) is 16.9. The first-order valence-electron chi connectivity index (χ1n) is 8.66. The fraction of sp³-hybridized carbons (Fsp3) is 0.105. The maximum absolute atomic E-state index is 6.02. The van der Waals surface area contributed by atoms with Gasteiger partial charge in [-0.3, -0.25) is 0 Å². The Morgan fingerprint density at radius 1 is 1.03 bits per heavy atom. The van der Waals surface area contributed by atoms with Crippen LogP contribution in [0.2, 0.25) is 5.02 Å². The summed E-state index contributed by atoms with van der Waals surface area (Å²) in [5.74, 6) is 1.40. The number of hydrogen-bond acceptors (Lipinski definition) is 9. The summed E-state index contributed by atoms with van der Waals surface area (Å²) < 4.78 is 5.74. The molecule has 0 aliphatic heterocycles. The van der Waals surface area contributed by atoms with Gasteiger partial charge < -0.3 is 15.5 Å². The molecule has 3 N–H and O–H groups in total. The van der Waals surface area contributed by atoms with Gasteiger partial charge in [-0.05, 0) is 37.3 Å². The van der Waals surface area contributed by atoms with Crippen LogP contribution in [-0.4, -0.2) is 25.1 Å². The number of hydrogen-bond donors (Lipinski definition) is 2. The third-order valence-electron chi connectivity index (χ3n) is 3.82. The van der Waals surface area contributed by atoms with Crippen LogP contribution < -0.4 is 11.1 Å². The van der Waals surface area contributed by atoms with Crippen LogP contribution in [0.1, 0.15) is 18.0 Å². The number of aromatic nitrogens is 5. The molecule has 0 saturated carbocycles. The van der Waals surface area contributed by atoms with E-state index >= 15 is 0 Å². The van der Waals surface area contributed by atoms with E-state index in [0.717, 1.165) is 11.3 Å². The van der Waals surface area contributed by atoms with Crippen molar-refractivity contribution in [2.24, 2.45) is 0 Å². The van der Waals surface area contributed by atoms with Crippen LogP contribution in [0.25, 0.3) is 11.5 Å². The Bertz CT molecular complexity index is 1120. The van der Waals surface area contributed by atoms with Gasteiger partial charge in [-0.25, -0.2) is 0 Å². The molecule has 8 nitrogen and oxygen atoms in total. The van der Waals surface area contributed by atoms with Crippen molar-refractivity contribution in [3.8, 4) is 11.5 Å². The molecule has 0 saturated heterocycles. The average Bonchev–Trinajstić information content (AvgIpc) is 3.17. The molecule has 4 rings (SSSR count). The van der Waals surface area contributed by atoms with E-state index in [9.17, 15) is 0 Å². The summed E-state index contributed by atoms with van der Waals surface area (Å²) in [6.07, 6.45) is 0. The number of thioether (sulfide) groups is 1. The Hall–Kier alpha value is -3.17. The third-order valence-corrected chi connectivity index (χ3v) is 4.99. The normalized spacial score (nSPS) is 11.9. The predicted octanol–water partition coefficient (Wildman–Crippen LogP) is 4.75. The minimum Gasteiger partial charge on any atom is -0.411 e. The van der Waals surface area contributed by atoms with E-state index < -0.39 is 0 Å². The molecular weight excluding hydrogens is 410 g/mol. The number of nitrogen functional groups attached to an aromatic ring is 1. The number of nitrogens with zero attached hydrogens (tertiary/aromatic N) is 5. The molecule has 2 aromatic heterocycles. The van der Waals surface area contributed by atoms with Gasteiger partial charge in [-0.1, -0.05) is 47.6 Å². The lowest BCUT2D eigenvalue weighted by Gasteiger charge is -2.10. The van der Waals surface area contributed by atoms with E-state index in [0.29, 0.717) is 27.9 Å². The van der Waals surface area contributed by atoms with Crippen molar-refractivity contribution in [1.29, 1.82) is 0 Å². The van der Waals surface area contributed by atoms with Crippen molar-refractivity contribution >= 4 is 40.9 Å². The molecule has 2 heterocycles. The van der Waals surface area contributed by atoms with Crippen LogP contribution in [0.4, 0.5) is 17.6 Å². The molecule has 1 atom stereocenters. The number of nitrogens with two attached hydrogens (primary N) is 1. The van der Waals surface area contributed by atoms with Crippen molar-refractivity contribution in [3.05, 3.63) is 65.4 Å². The minimum atomic E-state index is -0.190. The fourth-order valence-electron chi connectivity index (χ4n) is 2.50. The number of nitrogens with one attached hydrogen (secondary N) is 1. The second kappa shape index (κ2) is 8.46. The summed E-state index contributed by atoms with van der Waals surface area (Å²) in [6, 6.07) is 16.8. The highest BCUT2D eigenvalue weighted by molar-refractivity contribution is 7.99. The van der Waals surface area contributed by atoms with Crippen LogP contribution in [-0.2, 0) is 0 Å². The predicted molar refractivity (Wildman–Crippen MR) is 113 cm³/mol. The Morgan fingerprint density at radius 2 is 1.86 bits per heavy atom. The molecule has 0 aliphatic rings. The maximum atomic E-state index is 6.02. The van der Waals surface area contributed by atoms with Gasteiger partial charge in [0.15, 0.2) is 0 Å². The van der Waals surface area contributed by atoms with Crippen LogP contribution in [0, 0.1) is 0 Å². The largest absolute Gasteiger partial charge is 0.411 e. The van der Waals surface area contributed by atoms with Gasteiger partial charge in [0.05, 0.1) is 5.25 Å². The summed E-state index contributed by atoms with van der Waals surface area (Å²) in [6.45, 7) is 1.93. The molecule has 0 radical (unpaired) electrons. The van der Waals surface area contributed by atoms with Gasteiger partial charge in [-0.15, -0.1) is 10.2 Å². The van der Waals surface area contributed by atoms with Crippen molar-refractivity contribution in [2.75, 3.05) is 11.1 Å². The lowest BCUT2D eigenvalue weighted by atomic mass is 10.2. The van der Waals surface area contributed by atoms with Crippen LogP contribution in [0.3, 0.4) is 0 Å². The molecule has 2 aromatic carbocycles. The smallest absolute Gasteiger partial charge is 0.277 e. The first kappa shape index (κ1) is 19.2. The highest BCUT2D eigenvalue weighted by Crippen LogP contribution is 2.34. The molecule has 29 heavy (non-hydrogen) atoms. The number of anilines is 3. The maximum Gasteiger partial charge on any atom is 0.277 e. The fourth-order valence-corrected chi connectivity index (χ4v) is 3.42. The number of para-hydroxylation sites is 1. The van der Waals surface area contributed by atoms with Gasteiger partial charge in [0.2, 0.25) is 17.8 Å². The topological polar surface area (TPSA) is 116 Å². The summed E-state index contributed by atoms with van der Waals surface area (Å²) in [5, 5.41) is 12.1. The number of benzene rings is 2. The zero-order chi connectivity index (χ0) is 20.2. The summed E-state index contributed by atoms with van der Waals surface area (Å²) in [7, 11) is 0. The first-order chi connectivity index (χ1) is 14.1. The highest BCUT2D eigenvalue weighted by atomic mass is 35.5. The first-order valence-corrected chi connectivity index (χ1v) is 9.92. The zero-order valence-electron chi connectivity index (χ0n) is 15.3.